The maximum Gasteiger partial charge on any atom is 0.120 e. The monoisotopic (exact) mass is 201 g/mol. The van der Waals surface area contributed by atoms with Crippen molar-refractivity contribution in [2.45, 2.75) is 6.04 Å². The molecule has 0 spiro atoms. The predicted octanol–water partition coefficient (Wildman–Crippen LogP) is 1.34. The molecule has 0 bridgehead atoms. The van der Waals surface area contributed by atoms with E-state index in [4.69, 9.17) is 27.2 Å². The number of aliphatic hydroxyl groups excluding tert-OH is 1. The molecule has 3 nitrogen and oxygen atoms in total. The molecule has 1 rings (SSSR count). The van der Waals surface area contributed by atoms with Gasteiger partial charge >= 0.3 is 0 Å². The number of halogens is 1. The molecule has 1 aromatic carbocycles. The summed E-state index contributed by atoms with van der Waals surface area (Å²) in [5.41, 5.74) is 6.39. The summed E-state index contributed by atoms with van der Waals surface area (Å²) in [5, 5.41) is 9.39. The van der Waals surface area contributed by atoms with Gasteiger partial charge in [-0.3, -0.25) is 0 Å². The molecule has 0 aliphatic rings. The van der Waals surface area contributed by atoms with Crippen LogP contribution in [0.1, 0.15) is 11.6 Å². The average molecular weight is 202 g/mol. The molecule has 1 atom stereocenters. The summed E-state index contributed by atoms with van der Waals surface area (Å²) >= 11 is 5.81. The van der Waals surface area contributed by atoms with Crippen molar-refractivity contribution in [2.24, 2.45) is 5.73 Å². The first-order chi connectivity index (χ1) is 6.17. The molecule has 0 aliphatic heterocycles. The van der Waals surface area contributed by atoms with E-state index >= 15 is 0 Å². The highest BCUT2D eigenvalue weighted by atomic mass is 35.5. The van der Waals surface area contributed by atoms with Crippen molar-refractivity contribution < 1.29 is 9.84 Å². The molecule has 0 saturated heterocycles. The third-order valence-corrected chi connectivity index (χ3v) is 1.97. The van der Waals surface area contributed by atoms with E-state index in [1.165, 1.54) is 0 Å². The molecule has 0 heterocycles. The minimum atomic E-state index is -0.410. The Labute approximate surface area is 82.1 Å². The maximum atomic E-state index is 8.83. The Morgan fingerprint density at radius 1 is 1.54 bits per heavy atom. The van der Waals surface area contributed by atoms with Crippen LogP contribution in [0, 0.1) is 0 Å². The number of ether oxygens (including phenoxy) is 1. The lowest BCUT2D eigenvalue weighted by Gasteiger charge is -2.10. The fourth-order valence-electron chi connectivity index (χ4n) is 1.02. The summed E-state index contributed by atoms with van der Waals surface area (Å²) in [4.78, 5) is 0. The van der Waals surface area contributed by atoms with Gasteiger partial charge in [-0.1, -0.05) is 11.6 Å². The van der Waals surface area contributed by atoms with E-state index in [2.05, 4.69) is 0 Å². The van der Waals surface area contributed by atoms with Crippen molar-refractivity contribution in [3.8, 4) is 5.75 Å². The highest BCUT2D eigenvalue weighted by molar-refractivity contribution is 6.30. The minimum Gasteiger partial charge on any atom is -0.497 e. The van der Waals surface area contributed by atoms with Gasteiger partial charge in [0.25, 0.3) is 0 Å². The molecule has 1 aromatic rings. The molecule has 0 radical (unpaired) electrons. The van der Waals surface area contributed by atoms with Crippen molar-refractivity contribution in [1.29, 1.82) is 0 Å². The second-order valence-corrected chi connectivity index (χ2v) is 3.15. The number of benzene rings is 1. The summed E-state index contributed by atoms with van der Waals surface area (Å²) in [7, 11) is 1.56. The lowest BCUT2D eigenvalue weighted by Crippen LogP contribution is -2.14. The van der Waals surface area contributed by atoms with Gasteiger partial charge in [0.15, 0.2) is 0 Å². The van der Waals surface area contributed by atoms with Crippen LogP contribution in [0.25, 0.3) is 0 Å². The van der Waals surface area contributed by atoms with Crippen LogP contribution in [0.15, 0.2) is 18.2 Å². The third kappa shape index (κ3) is 2.59. The first-order valence-electron chi connectivity index (χ1n) is 3.88. The van der Waals surface area contributed by atoms with E-state index in [-0.39, 0.29) is 6.61 Å². The minimum absolute atomic E-state index is 0.108. The quantitative estimate of drug-likeness (QED) is 0.776. The number of nitrogens with two attached hydrogens (primary N) is 1. The summed E-state index contributed by atoms with van der Waals surface area (Å²) in [6.07, 6.45) is 0. The summed E-state index contributed by atoms with van der Waals surface area (Å²) in [6, 6.07) is 4.75. The molecule has 72 valence electrons. The zero-order chi connectivity index (χ0) is 9.84. The van der Waals surface area contributed by atoms with E-state index in [9.17, 15) is 0 Å². The van der Waals surface area contributed by atoms with Crippen molar-refractivity contribution in [1.82, 2.24) is 0 Å². The SMILES string of the molecule is COc1cc(Cl)cc(C(N)CO)c1. The van der Waals surface area contributed by atoms with Crippen LogP contribution in [0.5, 0.6) is 5.75 Å². The summed E-state index contributed by atoms with van der Waals surface area (Å²) < 4.78 is 5.01. The average Bonchev–Trinajstić information content (AvgIpc) is 2.15. The Kier molecular flexibility index (Phi) is 3.54. The molecule has 4 heteroatoms. The van der Waals surface area contributed by atoms with Crippen LogP contribution >= 0.6 is 11.6 Å². The van der Waals surface area contributed by atoms with Crippen molar-refractivity contribution in [2.75, 3.05) is 13.7 Å². The van der Waals surface area contributed by atoms with Gasteiger partial charge in [0, 0.05) is 5.02 Å². The molecule has 0 aliphatic carbocycles. The summed E-state index contributed by atoms with van der Waals surface area (Å²) in [5.74, 6) is 0.645. The van der Waals surface area contributed by atoms with E-state index in [1.54, 1.807) is 25.3 Å². The van der Waals surface area contributed by atoms with E-state index in [0.29, 0.717) is 10.8 Å². The second-order valence-electron chi connectivity index (χ2n) is 2.71. The van der Waals surface area contributed by atoms with Crippen molar-refractivity contribution >= 4 is 11.6 Å². The van der Waals surface area contributed by atoms with Gasteiger partial charge in [-0.05, 0) is 23.8 Å². The van der Waals surface area contributed by atoms with Gasteiger partial charge < -0.3 is 15.6 Å². The Morgan fingerprint density at radius 3 is 2.77 bits per heavy atom. The van der Waals surface area contributed by atoms with Crippen LogP contribution in [0.3, 0.4) is 0 Å². The standard InChI is InChI=1S/C9H12ClNO2/c1-13-8-3-6(9(11)5-12)2-7(10)4-8/h2-4,9,12H,5,11H2,1H3. The number of methoxy groups -OCH3 is 1. The topological polar surface area (TPSA) is 55.5 Å². The number of hydrogen-bond acceptors (Lipinski definition) is 3. The van der Waals surface area contributed by atoms with Gasteiger partial charge in [-0.2, -0.15) is 0 Å². The predicted molar refractivity (Wildman–Crippen MR) is 52.0 cm³/mol. The Bertz CT molecular complexity index is 291. The Morgan fingerprint density at radius 2 is 2.23 bits per heavy atom. The first kappa shape index (κ1) is 10.3. The van der Waals surface area contributed by atoms with Crippen LogP contribution in [0.4, 0.5) is 0 Å². The largest absolute Gasteiger partial charge is 0.497 e. The van der Waals surface area contributed by atoms with Crippen molar-refractivity contribution in [3.63, 3.8) is 0 Å². The van der Waals surface area contributed by atoms with E-state index in [1.807, 2.05) is 0 Å². The molecular formula is C9H12ClNO2. The molecule has 13 heavy (non-hydrogen) atoms. The smallest absolute Gasteiger partial charge is 0.120 e. The number of hydrogen-bond donors (Lipinski definition) is 2. The Hall–Kier alpha value is -0.770. The first-order valence-corrected chi connectivity index (χ1v) is 4.26. The fourth-order valence-corrected chi connectivity index (χ4v) is 1.26. The molecule has 1 unspecified atom stereocenters. The number of aliphatic hydroxyl groups is 1. The van der Waals surface area contributed by atoms with Gasteiger partial charge in [-0.25, -0.2) is 0 Å². The summed E-state index contributed by atoms with van der Waals surface area (Å²) in [6.45, 7) is -0.108. The molecular weight excluding hydrogens is 190 g/mol. The van der Waals surface area contributed by atoms with Crippen LogP contribution in [-0.2, 0) is 0 Å². The maximum absolute atomic E-state index is 8.83. The van der Waals surface area contributed by atoms with Crippen molar-refractivity contribution in [3.05, 3.63) is 28.8 Å². The zero-order valence-corrected chi connectivity index (χ0v) is 8.08. The fraction of sp³-hybridized carbons (Fsp3) is 0.333. The molecule has 0 aromatic heterocycles. The molecule has 3 N–H and O–H groups in total. The highest BCUT2D eigenvalue weighted by Gasteiger charge is 2.06. The molecule has 0 fully saturated rings. The normalized spacial score (nSPS) is 12.6. The zero-order valence-electron chi connectivity index (χ0n) is 7.33. The number of rotatable bonds is 3. The third-order valence-electron chi connectivity index (χ3n) is 1.75. The van der Waals surface area contributed by atoms with Gasteiger partial charge in [0.05, 0.1) is 19.8 Å². The van der Waals surface area contributed by atoms with Gasteiger partial charge in [-0.15, -0.1) is 0 Å². The molecule has 0 saturated carbocycles. The van der Waals surface area contributed by atoms with Gasteiger partial charge in [0.1, 0.15) is 5.75 Å². The van der Waals surface area contributed by atoms with E-state index < -0.39 is 6.04 Å². The lowest BCUT2D eigenvalue weighted by atomic mass is 10.1. The highest BCUT2D eigenvalue weighted by Crippen LogP contribution is 2.23. The van der Waals surface area contributed by atoms with Crippen LogP contribution in [0.2, 0.25) is 5.02 Å². The van der Waals surface area contributed by atoms with E-state index in [0.717, 1.165) is 5.56 Å². The lowest BCUT2D eigenvalue weighted by molar-refractivity contribution is 0.267. The Balaban J connectivity index is 3.01. The van der Waals surface area contributed by atoms with Gasteiger partial charge in [0.2, 0.25) is 0 Å². The second kappa shape index (κ2) is 4.46. The van der Waals surface area contributed by atoms with Crippen LogP contribution < -0.4 is 10.5 Å². The van der Waals surface area contributed by atoms with Crippen LogP contribution in [-0.4, -0.2) is 18.8 Å². The molecule has 0 amide bonds.